The van der Waals surface area contributed by atoms with E-state index in [1.165, 1.54) is 18.9 Å². The van der Waals surface area contributed by atoms with Crippen LogP contribution in [0.15, 0.2) is 39.5 Å². The van der Waals surface area contributed by atoms with Gasteiger partial charge in [-0.05, 0) is 42.7 Å². The largest absolute Gasteiger partial charge is 0.493 e. The highest BCUT2D eigenvalue weighted by Crippen LogP contribution is 2.34. The maximum absolute atomic E-state index is 10.9. The molecule has 1 aliphatic carbocycles. The molecule has 3 rings (SSSR count). The topological polar surface area (TPSA) is 65.7 Å². The number of methoxy groups -OCH3 is 1. The minimum Gasteiger partial charge on any atom is -0.493 e. The van der Waals surface area contributed by atoms with E-state index in [1.807, 2.05) is 12.1 Å². The Bertz CT molecular complexity index is 764. The second-order valence-electron chi connectivity index (χ2n) is 7.23. The molecule has 0 radical (unpaired) electrons. The van der Waals surface area contributed by atoms with Crippen molar-refractivity contribution in [3.63, 3.8) is 0 Å². The fourth-order valence-electron chi connectivity index (χ4n) is 3.57. The number of rotatable bonds is 4. The second kappa shape index (κ2) is 9.41. The summed E-state index contributed by atoms with van der Waals surface area (Å²) in [6, 6.07) is 8.57. The first kappa shape index (κ1) is 20.0. The van der Waals surface area contributed by atoms with Gasteiger partial charge in [0, 0.05) is 11.5 Å². The van der Waals surface area contributed by atoms with Crippen molar-refractivity contribution >= 4 is 17.4 Å². The Hall–Kier alpha value is -2.30. The summed E-state index contributed by atoms with van der Waals surface area (Å²) < 4.78 is 15.2. The number of hydrogen-bond donors (Lipinski definition) is 0. The van der Waals surface area contributed by atoms with E-state index in [0.29, 0.717) is 35.6 Å². The highest BCUT2D eigenvalue weighted by molar-refractivity contribution is 5.82. The van der Waals surface area contributed by atoms with Gasteiger partial charge in [0.25, 0.3) is 6.47 Å². The Morgan fingerprint density at radius 3 is 2.62 bits per heavy atom. The number of carbonyl (C=O) groups is 1. The van der Waals surface area contributed by atoms with Crippen LogP contribution in [0.5, 0.6) is 5.75 Å². The molecule has 5 nitrogen and oxygen atoms in total. The number of para-hydroxylation sites is 1. The zero-order chi connectivity index (χ0) is 19.1. The van der Waals surface area contributed by atoms with E-state index < -0.39 is 0 Å². The van der Waals surface area contributed by atoms with Crippen molar-refractivity contribution in [3.8, 4) is 5.75 Å². The number of hydrogen-bond acceptors (Lipinski definition) is 5. The van der Waals surface area contributed by atoms with Crippen LogP contribution in [0.4, 0.5) is 0 Å². The van der Waals surface area contributed by atoms with E-state index in [-0.39, 0.29) is 11.7 Å². The zero-order valence-electron chi connectivity index (χ0n) is 15.9. The van der Waals surface area contributed by atoms with E-state index in [0.717, 1.165) is 11.8 Å². The van der Waals surface area contributed by atoms with Gasteiger partial charge in [0.05, 0.1) is 7.11 Å². The number of ether oxygens (including phenoxy) is 2. The molecule has 0 bridgehead atoms. The van der Waals surface area contributed by atoms with Gasteiger partial charge in [-0.15, -0.1) is 0 Å². The Morgan fingerprint density at radius 1 is 1.19 bits per heavy atom. The molecule has 0 amide bonds. The first-order valence-corrected chi connectivity index (χ1v) is 9.12. The van der Waals surface area contributed by atoms with Gasteiger partial charge in [-0.2, -0.15) is 0 Å². The van der Waals surface area contributed by atoms with Gasteiger partial charge in [-0.3, -0.25) is 4.79 Å². The quantitative estimate of drug-likeness (QED) is 0.596. The lowest BCUT2D eigenvalue weighted by Gasteiger charge is -2.35. The summed E-state index contributed by atoms with van der Waals surface area (Å²) in [5.74, 6) is 2.48. The Morgan fingerprint density at radius 2 is 1.96 bits per heavy atom. The van der Waals surface area contributed by atoms with E-state index in [2.05, 4.69) is 20.8 Å². The molecule has 0 aliphatic heterocycles. The molecule has 142 valence electrons. The van der Waals surface area contributed by atoms with Crippen molar-refractivity contribution in [3.05, 3.63) is 40.8 Å². The third kappa shape index (κ3) is 5.10. The fourth-order valence-corrected chi connectivity index (χ4v) is 3.57. The molecule has 1 saturated carbocycles. The highest BCUT2D eigenvalue weighted by atomic mass is 16.5. The Balaban J connectivity index is 0.000000187. The second-order valence-corrected chi connectivity index (χ2v) is 7.23. The normalized spacial score (nSPS) is 22.4. The van der Waals surface area contributed by atoms with Gasteiger partial charge >= 0.3 is 5.63 Å². The van der Waals surface area contributed by atoms with Crippen LogP contribution in [0.3, 0.4) is 0 Å². The third-order valence-corrected chi connectivity index (χ3v) is 5.02. The summed E-state index contributed by atoms with van der Waals surface area (Å²) in [5, 5.41) is 0.860. The molecule has 1 fully saturated rings. The maximum Gasteiger partial charge on any atom is 0.336 e. The molecule has 1 heterocycles. The molecule has 26 heavy (non-hydrogen) atoms. The molecule has 1 aromatic heterocycles. The lowest BCUT2D eigenvalue weighted by molar-refractivity contribution is -0.140. The van der Waals surface area contributed by atoms with E-state index in [9.17, 15) is 9.59 Å². The van der Waals surface area contributed by atoms with Crippen LogP contribution in [0.2, 0.25) is 0 Å². The predicted octanol–water partition coefficient (Wildman–Crippen LogP) is 4.42. The van der Waals surface area contributed by atoms with E-state index in [4.69, 9.17) is 13.9 Å². The monoisotopic (exact) mass is 360 g/mol. The average molecular weight is 360 g/mol. The molecule has 5 heteroatoms. The molecule has 1 aromatic carbocycles. The molecule has 0 N–H and O–H groups in total. The van der Waals surface area contributed by atoms with Gasteiger partial charge in [0.15, 0.2) is 11.3 Å². The maximum atomic E-state index is 10.9. The van der Waals surface area contributed by atoms with Crippen molar-refractivity contribution in [2.75, 3.05) is 7.11 Å². The van der Waals surface area contributed by atoms with Crippen molar-refractivity contribution in [1.29, 1.82) is 0 Å². The van der Waals surface area contributed by atoms with Crippen LogP contribution in [-0.4, -0.2) is 19.7 Å². The molecular weight excluding hydrogens is 332 g/mol. The smallest absolute Gasteiger partial charge is 0.336 e. The van der Waals surface area contributed by atoms with E-state index in [1.54, 1.807) is 19.2 Å². The minimum atomic E-state index is -0.364. The van der Waals surface area contributed by atoms with E-state index >= 15 is 0 Å². The molecule has 0 saturated heterocycles. The lowest BCUT2D eigenvalue weighted by atomic mass is 9.75. The summed E-state index contributed by atoms with van der Waals surface area (Å²) in [7, 11) is 1.54. The number of benzene rings is 1. The predicted molar refractivity (Wildman–Crippen MR) is 101 cm³/mol. The zero-order valence-corrected chi connectivity index (χ0v) is 15.9. The van der Waals surface area contributed by atoms with Crippen LogP contribution in [0.1, 0.15) is 40.0 Å². The van der Waals surface area contributed by atoms with Crippen LogP contribution < -0.4 is 10.4 Å². The summed E-state index contributed by atoms with van der Waals surface area (Å²) in [6.07, 6.45) is 3.70. The first-order chi connectivity index (χ1) is 12.5. The standard InChI is InChI=1S/C11H20O2.C10H8O3/c1-8(2)10-5-4-9(3)6-11(10)13-7-12;1-12-8-4-2-3-7-5-6-9(11)13-10(7)8/h7-11H,4-6H2,1-3H3;2-6H,1H3. The number of carbonyl (C=O) groups excluding carboxylic acids is 1. The van der Waals surface area contributed by atoms with Gasteiger partial charge in [0.1, 0.15) is 6.10 Å². The lowest BCUT2D eigenvalue weighted by Crippen LogP contribution is -2.33. The summed E-state index contributed by atoms with van der Waals surface area (Å²) in [6.45, 7) is 7.26. The first-order valence-electron chi connectivity index (χ1n) is 9.12. The highest BCUT2D eigenvalue weighted by Gasteiger charge is 2.31. The third-order valence-electron chi connectivity index (χ3n) is 5.02. The molecule has 2 aromatic rings. The van der Waals surface area contributed by atoms with Crippen molar-refractivity contribution in [2.45, 2.75) is 46.1 Å². The summed E-state index contributed by atoms with van der Waals surface area (Å²) in [5.41, 5.74) is 0.134. The van der Waals surface area contributed by atoms with Crippen LogP contribution >= 0.6 is 0 Å². The number of fused-ring (bicyclic) bond motifs is 1. The Labute approximate surface area is 154 Å². The molecule has 0 spiro atoms. The van der Waals surface area contributed by atoms with Crippen molar-refractivity contribution in [1.82, 2.24) is 0 Å². The SMILES string of the molecule is CC1CCC(C(C)C)C(OC=O)C1.COc1cccc2ccc(=O)oc12. The summed E-state index contributed by atoms with van der Waals surface area (Å²) in [4.78, 5) is 21.3. The van der Waals surface area contributed by atoms with Gasteiger partial charge < -0.3 is 13.9 Å². The minimum absolute atomic E-state index is 0.168. The van der Waals surface area contributed by atoms with Crippen molar-refractivity contribution < 1.29 is 18.7 Å². The molecule has 3 unspecified atom stereocenters. The molecule has 3 atom stereocenters. The van der Waals surface area contributed by atoms with Gasteiger partial charge in [-0.25, -0.2) is 4.79 Å². The summed E-state index contributed by atoms with van der Waals surface area (Å²) >= 11 is 0. The molecule has 1 aliphatic rings. The van der Waals surface area contributed by atoms with Gasteiger partial charge in [-0.1, -0.05) is 39.3 Å². The molecular formula is C21H28O5. The fraction of sp³-hybridized carbons (Fsp3) is 0.524. The Kier molecular flexibility index (Phi) is 7.25. The van der Waals surface area contributed by atoms with Crippen LogP contribution in [-0.2, 0) is 9.53 Å². The van der Waals surface area contributed by atoms with Gasteiger partial charge in [0.2, 0.25) is 0 Å². The average Bonchev–Trinajstić information content (AvgIpc) is 2.62. The van der Waals surface area contributed by atoms with Crippen LogP contribution in [0, 0.1) is 17.8 Å². The van der Waals surface area contributed by atoms with Crippen LogP contribution in [0.25, 0.3) is 11.0 Å². The van der Waals surface area contributed by atoms with Crippen molar-refractivity contribution in [2.24, 2.45) is 17.8 Å².